The van der Waals surface area contributed by atoms with Crippen LogP contribution in [-0.4, -0.2) is 33.0 Å². The maximum Gasteiger partial charge on any atom is 0.134 e. The summed E-state index contributed by atoms with van der Waals surface area (Å²) in [7, 11) is 0. The van der Waals surface area contributed by atoms with Gasteiger partial charge in [0, 0.05) is 16.7 Å². The van der Waals surface area contributed by atoms with Crippen molar-refractivity contribution in [3.63, 3.8) is 0 Å². The van der Waals surface area contributed by atoms with Crippen molar-refractivity contribution in [3.8, 4) is 5.75 Å². The minimum atomic E-state index is -1.24. The first-order valence-electron chi connectivity index (χ1n) is 4.16. The van der Waals surface area contributed by atoms with Gasteiger partial charge in [-0.2, -0.15) is 0 Å². The van der Waals surface area contributed by atoms with E-state index >= 15 is 0 Å². The first kappa shape index (κ1) is 11.3. The van der Waals surface area contributed by atoms with Crippen molar-refractivity contribution < 1.29 is 15.3 Å². The van der Waals surface area contributed by atoms with Crippen LogP contribution in [0.1, 0.15) is 11.7 Å². The van der Waals surface area contributed by atoms with Gasteiger partial charge in [-0.3, -0.25) is 4.98 Å². The molecule has 15 heavy (non-hydrogen) atoms. The van der Waals surface area contributed by atoms with Gasteiger partial charge in [0.15, 0.2) is 0 Å². The van der Waals surface area contributed by atoms with E-state index in [1.807, 2.05) is 0 Å². The lowest BCUT2D eigenvalue weighted by molar-refractivity contribution is 0.0241. The van der Waals surface area contributed by atoms with Crippen LogP contribution >= 0.6 is 0 Å². The molecule has 0 bridgehead atoms. The highest BCUT2D eigenvalue weighted by Gasteiger charge is 2.18. The summed E-state index contributed by atoms with van der Waals surface area (Å²) in [5.74, 6) is -0.109. The first-order valence-corrected chi connectivity index (χ1v) is 4.16. The second kappa shape index (κ2) is 5.16. The molecule has 1 rings (SSSR count). The third kappa shape index (κ3) is 3.10. The SMILES string of the molecule is [N-]=[N+]=NCC(O)C(O)c1cncc(O)c1. The monoisotopic (exact) mass is 210 g/mol. The fourth-order valence-corrected chi connectivity index (χ4v) is 1.05. The predicted molar refractivity (Wildman–Crippen MR) is 50.9 cm³/mol. The van der Waals surface area contributed by atoms with Gasteiger partial charge < -0.3 is 15.3 Å². The number of hydrogen-bond acceptors (Lipinski definition) is 5. The molecule has 0 radical (unpaired) electrons. The Hall–Kier alpha value is -1.82. The summed E-state index contributed by atoms with van der Waals surface area (Å²) in [6, 6.07) is 1.27. The van der Waals surface area contributed by atoms with Gasteiger partial charge in [0.2, 0.25) is 0 Å². The molecule has 0 amide bonds. The van der Waals surface area contributed by atoms with Crippen LogP contribution in [0, 0.1) is 0 Å². The third-order valence-electron chi connectivity index (χ3n) is 1.78. The lowest BCUT2D eigenvalue weighted by Crippen LogP contribution is -2.21. The van der Waals surface area contributed by atoms with Gasteiger partial charge in [0.05, 0.1) is 18.8 Å². The molecule has 1 aromatic rings. The zero-order valence-electron chi connectivity index (χ0n) is 7.72. The van der Waals surface area contributed by atoms with Gasteiger partial charge in [-0.15, -0.1) is 0 Å². The highest BCUT2D eigenvalue weighted by molar-refractivity contribution is 5.24. The Kier molecular flexibility index (Phi) is 3.87. The Balaban J connectivity index is 2.75. The number of hydrogen-bond donors (Lipinski definition) is 3. The number of aromatic nitrogens is 1. The molecule has 7 nitrogen and oxygen atoms in total. The van der Waals surface area contributed by atoms with E-state index in [0.717, 1.165) is 0 Å². The number of aromatic hydroxyl groups is 1. The molecular formula is C8H10N4O3. The Bertz CT molecular complexity index is 378. The molecule has 7 heteroatoms. The zero-order valence-corrected chi connectivity index (χ0v) is 7.72. The average Bonchev–Trinajstić information content (AvgIpc) is 2.24. The topological polar surface area (TPSA) is 122 Å². The second-order valence-electron chi connectivity index (χ2n) is 2.90. The van der Waals surface area contributed by atoms with Crippen molar-refractivity contribution in [2.24, 2.45) is 5.11 Å². The molecule has 0 aliphatic heterocycles. The maximum absolute atomic E-state index is 9.56. The number of azide groups is 1. The van der Waals surface area contributed by atoms with E-state index in [4.69, 9.17) is 10.6 Å². The molecule has 0 saturated carbocycles. The standard InChI is InChI=1S/C8H10N4O3/c9-12-11-4-7(14)8(15)5-1-6(13)3-10-2-5/h1-3,7-8,13-15H,4H2. The largest absolute Gasteiger partial charge is 0.506 e. The summed E-state index contributed by atoms with van der Waals surface area (Å²) in [6.45, 7) is -0.243. The molecule has 2 unspecified atom stereocenters. The number of nitrogens with zero attached hydrogens (tertiary/aromatic N) is 4. The van der Waals surface area contributed by atoms with Gasteiger partial charge in [-0.25, -0.2) is 0 Å². The minimum absolute atomic E-state index is 0.109. The molecule has 0 aliphatic rings. The Morgan fingerprint density at radius 3 is 2.80 bits per heavy atom. The normalized spacial score (nSPS) is 14.0. The van der Waals surface area contributed by atoms with Crippen molar-refractivity contribution in [1.82, 2.24) is 4.98 Å². The molecule has 80 valence electrons. The van der Waals surface area contributed by atoms with Crippen LogP contribution < -0.4 is 0 Å². The number of rotatable bonds is 4. The van der Waals surface area contributed by atoms with E-state index in [1.54, 1.807) is 0 Å². The quantitative estimate of drug-likeness (QED) is 0.380. The summed E-state index contributed by atoms with van der Waals surface area (Å²) in [4.78, 5) is 6.10. The molecule has 3 N–H and O–H groups in total. The maximum atomic E-state index is 9.56. The van der Waals surface area contributed by atoms with Gasteiger partial charge in [0.25, 0.3) is 0 Å². The van der Waals surface area contributed by atoms with E-state index in [0.29, 0.717) is 0 Å². The third-order valence-corrected chi connectivity index (χ3v) is 1.78. The van der Waals surface area contributed by atoms with E-state index in [1.165, 1.54) is 18.5 Å². The first-order chi connectivity index (χ1) is 7.15. The lowest BCUT2D eigenvalue weighted by Gasteiger charge is -2.15. The van der Waals surface area contributed by atoms with Crippen LogP contribution in [0.25, 0.3) is 10.4 Å². The molecule has 0 aliphatic carbocycles. The summed E-state index contributed by atoms with van der Waals surface area (Å²) in [6.07, 6.45) is 0.0549. The van der Waals surface area contributed by atoms with E-state index in [2.05, 4.69) is 15.0 Å². The van der Waals surface area contributed by atoms with Gasteiger partial charge in [-0.05, 0) is 11.6 Å². The van der Waals surface area contributed by atoms with Crippen molar-refractivity contribution in [2.75, 3.05) is 6.54 Å². The van der Waals surface area contributed by atoms with Crippen molar-refractivity contribution >= 4 is 0 Å². The minimum Gasteiger partial charge on any atom is -0.506 e. The van der Waals surface area contributed by atoms with Crippen molar-refractivity contribution in [1.29, 1.82) is 0 Å². The molecule has 0 spiro atoms. The highest BCUT2D eigenvalue weighted by Crippen LogP contribution is 2.19. The Morgan fingerprint density at radius 2 is 2.20 bits per heavy atom. The van der Waals surface area contributed by atoms with E-state index in [9.17, 15) is 10.2 Å². The number of aliphatic hydroxyl groups is 2. The van der Waals surface area contributed by atoms with Crippen molar-refractivity contribution in [2.45, 2.75) is 12.2 Å². The van der Waals surface area contributed by atoms with Crippen LogP contribution in [-0.2, 0) is 0 Å². The summed E-state index contributed by atoms with van der Waals surface area (Å²) in [5.41, 5.74) is 8.28. The number of aliphatic hydroxyl groups excluding tert-OH is 2. The van der Waals surface area contributed by atoms with Crippen molar-refractivity contribution in [3.05, 3.63) is 34.5 Å². The number of pyridine rings is 1. The molecule has 1 aromatic heterocycles. The molecule has 1 heterocycles. The summed E-state index contributed by atoms with van der Waals surface area (Å²) in [5, 5.41) is 31.1. The molecule has 0 fully saturated rings. The van der Waals surface area contributed by atoms with Crippen LogP contribution in [0.3, 0.4) is 0 Å². The van der Waals surface area contributed by atoms with Crippen LogP contribution in [0.5, 0.6) is 5.75 Å². The van der Waals surface area contributed by atoms with E-state index in [-0.39, 0.29) is 17.9 Å². The lowest BCUT2D eigenvalue weighted by atomic mass is 10.1. The fourth-order valence-electron chi connectivity index (χ4n) is 1.05. The fraction of sp³-hybridized carbons (Fsp3) is 0.375. The molecule has 2 atom stereocenters. The Morgan fingerprint density at radius 1 is 1.47 bits per heavy atom. The zero-order chi connectivity index (χ0) is 11.3. The predicted octanol–water partition coefficient (Wildman–Crippen LogP) is 0.492. The molecular weight excluding hydrogens is 200 g/mol. The summed E-state index contributed by atoms with van der Waals surface area (Å²) >= 11 is 0. The van der Waals surface area contributed by atoms with E-state index < -0.39 is 12.2 Å². The molecule has 0 saturated heterocycles. The van der Waals surface area contributed by atoms with Gasteiger partial charge in [0.1, 0.15) is 11.9 Å². The Labute approximate surface area is 85.3 Å². The van der Waals surface area contributed by atoms with Gasteiger partial charge >= 0.3 is 0 Å². The highest BCUT2D eigenvalue weighted by atomic mass is 16.3. The molecule has 0 aromatic carbocycles. The van der Waals surface area contributed by atoms with Crippen LogP contribution in [0.4, 0.5) is 0 Å². The second-order valence-corrected chi connectivity index (χ2v) is 2.90. The van der Waals surface area contributed by atoms with Gasteiger partial charge in [-0.1, -0.05) is 5.11 Å². The van der Waals surface area contributed by atoms with Crippen LogP contribution in [0.15, 0.2) is 23.6 Å². The smallest absolute Gasteiger partial charge is 0.134 e. The summed E-state index contributed by atoms with van der Waals surface area (Å²) < 4.78 is 0. The van der Waals surface area contributed by atoms with Crippen LogP contribution in [0.2, 0.25) is 0 Å². The average molecular weight is 210 g/mol.